The molecule has 2 aromatic heterocycles. The Morgan fingerprint density at radius 2 is 2.04 bits per heavy atom. The highest BCUT2D eigenvalue weighted by Crippen LogP contribution is 2.36. The van der Waals surface area contributed by atoms with Crippen LogP contribution in [0, 0.1) is 0 Å². The van der Waals surface area contributed by atoms with Crippen molar-refractivity contribution < 1.29 is 9.21 Å². The molecule has 0 aliphatic carbocycles. The molecule has 0 fully saturated rings. The Hall–Kier alpha value is -3.61. The minimum absolute atomic E-state index is 0.00142. The van der Waals surface area contributed by atoms with Gasteiger partial charge in [-0.25, -0.2) is 4.79 Å². The van der Waals surface area contributed by atoms with E-state index in [0.717, 1.165) is 27.8 Å². The van der Waals surface area contributed by atoms with E-state index in [-0.39, 0.29) is 11.9 Å². The monoisotopic (exact) mass is 360 g/mol. The normalized spacial score (nSPS) is 16.3. The number of benzene rings is 2. The summed E-state index contributed by atoms with van der Waals surface area (Å²) in [4.78, 5) is 28.8. The molecule has 0 radical (unpaired) electrons. The van der Waals surface area contributed by atoms with Crippen LogP contribution < -0.4 is 5.76 Å². The molecule has 5 rings (SSSR count). The zero-order valence-corrected chi connectivity index (χ0v) is 14.5. The van der Waals surface area contributed by atoms with Gasteiger partial charge in [0.1, 0.15) is 0 Å². The molecule has 2 aromatic carbocycles. The molecular formula is C20H16N4O3. The third kappa shape index (κ3) is 2.47. The molecule has 134 valence electrons. The molecule has 0 saturated carbocycles. The van der Waals surface area contributed by atoms with E-state index in [2.05, 4.69) is 15.2 Å². The molecule has 0 bridgehead atoms. The Balaban J connectivity index is 1.47. The predicted octanol–water partition coefficient (Wildman–Crippen LogP) is 3.23. The van der Waals surface area contributed by atoms with Crippen LogP contribution in [0.3, 0.4) is 0 Å². The number of H-pyrrole nitrogens is 2. The average molecular weight is 360 g/mol. The van der Waals surface area contributed by atoms with Crippen LogP contribution in [-0.2, 0) is 6.54 Å². The maximum atomic E-state index is 13.0. The summed E-state index contributed by atoms with van der Waals surface area (Å²) < 4.78 is 5.12. The van der Waals surface area contributed by atoms with E-state index < -0.39 is 5.76 Å². The minimum atomic E-state index is -0.480. The van der Waals surface area contributed by atoms with Gasteiger partial charge in [-0.1, -0.05) is 18.2 Å². The molecule has 7 heteroatoms. The molecule has 1 amide bonds. The highest BCUT2D eigenvalue weighted by molar-refractivity contribution is 6.00. The van der Waals surface area contributed by atoms with Gasteiger partial charge in [-0.3, -0.25) is 14.9 Å². The molecule has 0 spiro atoms. The fourth-order valence-electron chi connectivity index (χ4n) is 3.69. The van der Waals surface area contributed by atoms with Crippen LogP contribution in [0.15, 0.2) is 58.0 Å². The zero-order chi connectivity index (χ0) is 18.5. The lowest BCUT2D eigenvalue weighted by molar-refractivity contribution is 0.0723. The lowest BCUT2D eigenvalue weighted by Crippen LogP contribution is -2.26. The van der Waals surface area contributed by atoms with Gasteiger partial charge in [-0.2, -0.15) is 5.10 Å². The van der Waals surface area contributed by atoms with E-state index in [1.165, 1.54) is 0 Å². The maximum absolute atomic E-state index is 13.0. The van der Waals surface area contributed by atoms with E-state index in [4.69, 9.17) is 4.42 Å². The van der Waals surface area contributed by atoms with E-state index >= 15 is 0 Å². The fraction of sp³-hybridized carbons (Fsp3) is 0.150. The molecule has 27 heavy (non-hydrogen) atoms. The number of amides is 1. The zero-order valence-electron chi connectivity index (χ0n) is 14.5. The van der Waals surface area contributed by atoms with Gasteiger partial charge in [-0.05, 0) is 41.8 Å². The predicted molar refractivity (Wildman–Crippen MR) is 99.1 cm³/mol. The van der Waals surface area contributed by atoms with Crippen molar-refractivity contribution in [1.82, 2.24) is 20.1 Å². The number of nitrogens with zero attached hydrogens (tertiary/aromatic N) is 2. The number of fused-ring (bicyclic) bond motifs is 2. The van der Waals surface area contributed by atoms with Gasteiger partial charge >= 0.3 is 5.76 Å². The van der Waals surface area contributed by atoms with Crippen molar-refractivity contribution in [3.63, 3.8) is 0 Å². The second kappa shape index (κ2) is 5.70. The highest BCUT2D eigenvalue weighted by Gasteiger charge is 2.34. The molecule has 3 heterocycles. The number of carbonyl (C=O) groups excluding carboxylic acids is 1. The van der Waals surface area contributed by atoms with Crippen LogP contribution >= 0.6 is 0 Å². The van der Waals surface area contributed by atoms with Crippen LogP contribution in [-0.4, -0.2) is 26.0 Å². The SMILES string of the molecule is CC1c2ccc(-c3cn[nH]c3)cc2C(=O)N1Cc1ccc2[nH]c(=O)oc2c1. The lowest BCUT2D eigenvalue weighted by atomic mass is 10.00. The summed E-state index contributed by atoms with van der Waals surface area (Å²) in [5.74, 6) is -0.481. The Morgan fingerprint density at radius 1 is 1.15 bits per heavy atom. The van der Waals surface area contributed by atoms with Gasteiger partial charge in [-0.15, -0.1) is 0 Å². The largest absolute Gasteiger partial charge is 0.417 e. The van der Waals surface area contributed by atoms with Crippen molar-refractivity contribution in [1.29, 1.82) is 0 Å². The molecule has 0 saturated heterocycles. The molecule has 7 nitrogen and oxygen atoms in total. The summed E-state index contributed by atoms with van der Waals surface area (Å²) in [5, 5.41) is 6.76. The number of rotatable bonds is 3. The first-order valence-electron chi connectivity index (χ1n) is 8.66. The molecule has 1 aliphatic rings. The van der Waals surface area contributed by atoms with Gasteiger partial charge in [0, 0.05) is 23.9 Å². The fourth-order valence-corrected chi connectivity index (χ4v) is 3.69. The standard InChI is InChI=1S/C20H16N4O3/c1-11-15-4-3-13(14-8-21-22-9-14)7-16(15)19(25)24(11)10-12-2-5-17-18(6-12)27-20(26)23-17/h2-9,11H,10H2,1H3,(H,21,22)(H,23,26). The van der Waals surface area contributed by atoms with Crippen molar-refractivity contribution in [2.45, 2.75) is 19.5 Å². The van der Waals surface area contributed by atoms with Crippen molar-refractivity contribution >= 4 is 17.0 Å². The maximum Gasteiger partial charge on any atom is 0.417 e. The summed E-state index contributed by atoms with van der Waals surface area (Å²) in [6.45, 7) is 2.47. The van der Waals surface area contributed by atoms with Crippen LogP contribution in [0.2, 0.25) is 0 Å². The first-order valence-corrected chi connectivity index (χ1v) is 8.66. The summed E-state index contributed by atoms with van der Waals surface area (Å²) in [5.41, 5.74) is 5.70. The molecular weight excluding hydrogens is 344 g/mol. The summed E-state index contributed by atoms with van der Waals surface area (Å²) in [7, 11) is 0. The van der Waals surface area contributed by atoms with E-state index in [0.29, 0.717) is 17.6 Å². The number of oxazole rings is 1. The Morgan fingerprint density at radius 3 is 2.85 bits per heavy atom. The third-order valence-electron chi connectivity index (χ3n) is 5.13. The molecule has 1 atom stereocenters. The van der Waals surface area contributed by atoms with Crippen LogP contribution in [0.4, 0.5) is 0 Å². The minimum Gasteiger partial charge on any atom is -0.408 e. The Kier molecular flexibility index (Phi) is 3.30. The number of carbonyl (C=O) groups is 1. The summed E-state index contributed by atoms with van der Waals surface area (Å²) >= 11 is 0. The van der Waals surface area contributed by atoms with Gasteiger partial charge in [0.2, 0.25) is 0 Å². The molecule has 2 N–H and O–H groups in total. The van der Waals surface area contributed by atoms with E-state index in [1.54, 1.807) is 18.3 Å². The highest BCUT2D eigenvalue weighted by atomic mass is 16.4. The van der Waals surface area contributed by atoms with Crippen LogP contribution in [0.1, 0.15) is 34.5 Å². The van der Waals surface area contributed by atoms with Crippen molar-refractivity contribution in [2.24, 2.45) is 0 Å². The Bertz CT molecular complexity index is 1220. The molecule has 1 unspecified atom stereocenters. The Labute approximate surface area is 153 Å². The second-order valence-corrected chi connectivity index (χ2v) is 6.74. The number of hydrogen-bond donors (Lipinski definition) is 2. The second-order valence-electron chi connectivity index (χ2n) is 6.74. The summed E-state index contributed by atoms with van der Waals surface area (Å²) in [6.07, 6.45) is 3.55. The smallest absolute Gasteiger partial charge is 0.408 e. The van der Waals surface area contributed by atoms with Gasteiger partial charge < -0.3 is 9.32 Å². The quantitative estimate of drug-likeness (QED) is 0.586. The summed E-state index contributed by atoms with van der Waals surface area (Å²) in [6, 6.07) is 11.4. The topological polar surface area (TPSA) is 95.0 Å². The molecule has 4 aromatic rings. The average Bonchev–Trinajstić information content (AvgIpc) is 3.37. The van der Waals surface area contributed by atoms with Crippen molar-refractivity contribution in [3.05, 3.63) is 76.0 Å². The van der Waals surface area contributed by atoms with Crippen molar-refractivity contribution in [3.8, 4) is 11.1 Å². The van der Waals surface area contributed by atoms with Gasteiger partial charge in [0.05, 0.1) is 17.8 Å². The third-order valence-corrected chi connectivity index (χ3v) is 5.13. The number of hydrogen-bond acceptors (Lipinski definition) is 4. The van der Waals surface area contributed by atoms with Crippen LogP contribution in [0.25, 0.3) is 22.2 Å². The molecule has 1 aliphatic heterocycles. The van der Waals surface area contributed by atoms with Crippen molar-refractivity contribution in [2.75, 3.05) is 0 Å². The lowest BCUT2D eigenvalue weighted by Gasteiger charge is -2.22. The van der Waals surface area contributed by atoms with E-state index in [9.17, 15) is 9.59 Å². The number of nitrogens with one attached hydrogen (secondary N) is 2. The first kappa shape index (κ1) is 15.6. The first-order chi connectivity index (χ1) is 13.1. The van der Waals surface area contributed by atoms with E-state index in [1.807, 2.05) is 42.3 Å². The number of aromatic amines is 2. The van der Waals surface area contributed by atoms with Gasteiger partial charge in [0.25, 0.3) is 5.91 Å². The van der Waals surface area contributed by atoms with Gasteiger partial charge in [0.15, 0.2) is 5.58 Å². The van der Waals surface area contributed by atoms with Crippen LogP contribution in [0.5, 0.6) is 0 Å². The number of aromatic nitrogens is 3.